The molecule has 0 unspecified atom stereocenters. The van der Waals surface area contributed by atoms with Gasteiger partial charge in [0.25, 0.3) is 0 Å². The number of amides is 3. The summed E-state index contributed by atoms with van der Waals surface area (Å²) in [6, 6.07) is 16.0. The van der Waals surface area contributed by atoms with Gasteiger partial charge in [-0.2, -0.15) is 0 Å². The monoisotopic (exact) mass is 545 g/mol. The zero-order valence-corrected chi connectivity index (χ0v) is 21.4. The van der Waals surface area contributed by atoms with Gasteiger partial charge in [0, 0.05) is 29.1 Å². The first-order chi connectivity index (χ1) is 17.5. The second kappa shape index (κ2) is 10.5. The number of halogens is 2. The summed E-state index contributed by atoms with van der Waals surface area (Å²) in [4.78, 5) is 25.9. The fraction of sp³-hybridized carbons (Fsp3) is 0.231. The number of hydrogen-bond donors (Lipinski definition) is 4. The van der Waals surface area contributed by atoms with E-state index in [0.717, 1.165) is 12.3 Å². The van der Waals surface area contributed by atoms with Crippen molar-refractivity contribution in [2.75, 3.05) is 23.5 Å². The van der Waals surface area contributed by atoms with Gasteiger partial charge in [-0.1, -0.05) is 35.9 Å². The summed E-state index contributed by atoms with van der Waals surface area (Å²) in [5.41, 5.74) is -0.346. The topological polar surface area (TPSA) is 125 Å². The molecular weight excluding hydrogens is 521 g/mol. The van der Waals surface area contributed by atoms with Gasteiger partial charge in [-0.15, -0.1) is 0 Å². The molecule has 3 amide bonds. The molecule has 0 saturated heterocycles. The van der Waals surface area contributed by atoms with Crippen molar-refractivity contribution < 1.29 is 27.5 Å². The van der Waals surface area contributed by atoms with Gasteiger partial charge in [-0.05, 0) is 66.8 Å². The van der Waals surface area contributed by atoms with Gasteiger partial charge in [-0.3, -0.25) is 4.79 Å². The number of aliphatic hydroxyl groups is 1. The Morgan fingerprint density at radius 3 is 2.35 bits per heavy atom. The maximum Gasteiger partial charge on any atom is 0.320 e. The Balaban J connectivity index is 1.52. The van der Waals surface area contributed by atoms with E-state index in [9.17, 15) is 23.1 Å². The van der Waals surface area contributed by atoms with Crippen molar-refractivity contribution in [1.29, 1.82) is 0 Å². The number of nitrogens with one attached hydrogen (secondary N) is 3. The smallest absolute Gasteiger partial charge is 0.320 e. The first kappa shape index (κ1) is 26.6. The number of carbonyl (C=O) groups is 2. The Hall–Kier alpha value is -3.47. The van der Waals surface area contributed by atoms with E-state index in [1.54, 1.807) is 42.5 Å². The molecule has 1 fully saturated rings. The standard InChI is InChI=1S/C26H25ClFN3O5S/c1-37(35,36)23-5-3-2-4-20(23)17-6-11-22(21(28)12-17)30-24(33)26(13-16(14-26)15-32)31-25(34)29-19-9-7-18(27)8-10-19/h2-12,16,32H,13-15H2,1H3,(H,30,33)(H2,29,31,34). The van der Waals surface area contributed by atoms with Gasteiger partial charge in [0.15, 0.2) is 9.84 Å². The molecule has 0 spiro atoms. The predicted octanol–water partition coefficient (Wildman–Crippen LogP) is 4.45. The number of rotatable bonds is 7. The van der Waals surface area contributed by atoms with Gasteiger partial charge < -0.3 is 21.1 Å². The highest BCUT2D eigenvalue weighted by molar-refractivity contribution is 7.90. The first-order valence-corrected chi connectivity index (χ1v) is 13.6. The van der Waals surface area contributed by atoms with Crippen molar-refractivity contribution in [2.24, 2.45) is 5.92 Å². The van der Waals surface area contributed by atoms with E-state index in [1.807, 2.05) is 0 Å². The number of aliphatic hydroxyl groups excluding tert-OH is 1. The van der Waals surface area contributed by atoms with Crippen LogP contribution in [0.15, 0.2) is 71.6 Å². The van der Waals surface area contributed by atoms with Crippen molar-refractivity contribution in [3.05, 3.63) is 77.6 Å². The number of anilines is 2. The maximum atomic E-state index is 15.0. The molecule has 1 aliphatic carbocycles. The third kappa shape index (κ3) is 5.93. The van der Waals surface area contributed by atoms with Crippen LogP contribution in [0, 0.1) is 11.7 Å². The quantitative estimate of drug-likeness (QED) is 0.349. The van der Waals surface area contributed by atoms with Gasteiger partial charge in [-0.25, -0.2) is 17.6 Å². The fourth-order valence-electron chi connectivity index (χ4n) is 4.37. The molecule has 11 heteroatoms. The zero-order valence-electron chi connectivity index (χ0n) is 19.8. The molecule has 4 N–H and O–H groups in total. The molecule has 0 bridgehead atoms. The number of carbonyl (C=O) groups excluding carboxylic acids is 2. The third-order valence-corrected chi connectivity index (χ3v) is 7.64. The lowest BCUT2D eigenvalue weighted by Crippen LogP contribution is -2.65. The highest BCUT2D eigenvalue weighted by Crippen LogP contribution is 2.39. The minimum absolute atomic E-state index is 0.0607. The minimum Gasteiger partial charge on any atom is -0.396 e. The van der Waals surface area contributed by atoms with Crippen LogP contribution in [0.2, 0.25) is 5.02 Å². The molecule has 0 aliphatic heterocycles. The van der Waals surface area contributed by atoms with Crippen molar-refractivity contribution in [3.63, 3.8) is 0 Å². The Morgan fingerprint density at radius 1 is 1.05 bits per heavy atom. The van der Waals surface area contributed by atoms with E-state index in [2.05, 4.69) is 16.0 Å². The van der Waals surface area contributed by atoms with E-state index in [1.165, 1.54) is 18.2 Å². The molecule has 194 valence electrons. The fourth-order valence-corrected chi connectivity index (χ4v) is 5.40. The van der Waals surface area contributed by atoms with Gasteiger partial charge in [0.2, 0.25) is 5.91 Å². The number of urea groups is 1. The van der Waals surface area contributed by atoms with E-state index in [4.69, 9.17) is 11.6 Å². The van der Waals surface area contributed by atoms with E-state index in [-0.39, 0.29) is 35.9 Å². The molecule has 0 radical (unpaired) electrons. The molecule has 3 aromatic rings. The molecule has 1 aliphatic rings. The first-order valence-electron chi connectivity index (χ1n) is 11.4. The van der Waals surface area contributed by atoms with Crippen molar-refractivity contribution in [2.45, 2.75) is 23.3 Å². The second-order valence-electron chi connectivity index (χ2n) is 9.04. The summed E-state index contributed by atoms with van der Waals surface area (Å²) < 4.78 is 39.3. The summed E-state index contributed by atoms with van der Waals surface area (Å²) >= 11 is 5.86. The van der Waals surface area contributed by atoms with Crippen LogP contribution in [0.4, 0.5) is 20.6 Å². The van der Waals surface area contributed by atoms with Crippen LogP contribution in [0.1, 0.15) is 12.8 Å². The molecule has 37 heavy (non-hydrogen) atoms. The summed E-state index contributed by atoms with van der Waals surface area (Å²) in [6.07, 6.45) is 1.42. The molecule has 0 heterocycles. The highest BCUT2D eigenvalue weighted by atomic mass is 35.5. The van der Waals surface area contributed by atoms with Gasteiger partial charge in [0.1, 0.15) is 11.4 Å². The summed E-state index contributed by atoms with van der Waals surface area (Å²) in [6.45, 7) is -0.154. The summed E-state index contributed by atoms with van der Waals surface area (Å²) in [7, 11) is -3.55. The minimum atomic E-state index is -3.55. The van der Waals surface area contributed by atoms with Gasteiger partial charge >= 0.3 is 6.03 Å². The molecule has 3 aromatic carbocycles. The molecule has 0 aromatic heterocycles. The number of hydrogen-bond acceptors (Lipinski definition) is 5. The normalized spacial score (nSPS) is 19.0. The Kier molecular flexibility index (Phi) is 7.54. The van der Waals surface area contributed by atoms with Crippen LogP contribution in [-0.2, 0) is 14.6 Å². The lowest BCUT2D eigenvalue weighted by atomic mass is 9.68. The zero-order chi connectivity index (χ0) is 26.8. The number of sulfone groups is 1. The highest BCUT2D eigenvalue weighted by Gasteiger charge is 2.51. The lowest BCUT2D eigenvalue weighted by molar-refractivity contribution is -0.128. The molecule has 8 nitrogen and oxygen atoms in total. The van der Waals surface area contributed by atoms with Crippen LogP contribution in [0.5, 0.6) is 0 Å². The number of benzene rings is 3. The van der Waals surface area contributed by atoms with E-state index in [0.29, 0.717) is 21.8 Å². The SMILES string of the molecule is CS(=O)(=O)c1ccccc1-c1ccc(NC(=O)C2(NC(=O)Nc3ccc(Cl)cc3)CC(CO)C2)c(F)c1. The Morgan fingerprint density at radius 2 is 1.73 bits per heavy atom. The van der Waals surface area contributed by atoms with Crippen molar-refractivity contribution >= 4 is 44.8 Å². The van der Waals surface area contributed by atoms with E-state index >= 15 is 4.39 Å². The summed E-state index contributed by atoms with van der Waals surface area (Å²) in [5.74, 6) is -1.60. The maximum absolute atomic E-state index is 15.0. The van der Waals surface area contributed by atoms with E-state index < -0.39 is 33.1 Å². The lowest BCUT2D eigenvalue weighted by Gasteiger charge is -2.45. The molecule has 4 rings (SSSR count). The van der Waals surface area contributed by atoms with Crippen molar-refractivity contribution in [3.8, 4) is 11.1 Å². The molecule has 1 saturated carbocycles. The largest absolute Gasteiger partial charge is 0.396 e. The van der Waals surface area contributed by atoms with Gasteiger partial charge in [0.05, 0.1) is 10.6 Å². The molecule has 0 atom stereocenters. The predicted molar refractivity (Wildman–Crippen MR) is 140 cm³/mol. The van der Waals surface area contributed by atoms with Crippen LogP contribution in [0.25, 0.3) is 11.1 Å². The molecular formula is C26H25ClFN3O5S. The summed E-state index contributed by atoms with van der Waals surface area (Å²) in [5, 5.41) is 17.8. The van der Waals surface area contributed by atoms with Crippen LogP contribution in [-0.4, -0.2) is 43.9 Å². The average Bonchev–Trinajstić information content (AvgIpc) is 2.83. The Labute approximate surface area is 218 Å². The van der Waals surface area contributed by atoms with Crippen LogP contribution in [0.3, 0.4) is 0 Å². The second-order valence-corrected chi connectivity index (χ2v) is 11.5. The van der Waals surface area contributed by atoms with Crippen LogP contribution < -0.4 is 16.0 Å². The average molecular weight is 546 g/mol. The third-order valence-electron chi connectivity index (χ3n) is 6.24. The van der Waals surface area contributed by atoms with Crippen LogP contribution >= 0.6 is 11.6 Å². The Bertz CT molecular complexity index is 1440. The van der Waals surface area contributed by atoms with Crippen molar-refractivity contribution in [1.82, 2.24) is 5.32 Å².